The molecule has 3 aliphatic heterocycles. The quantitative estimate of drug-likeness (QED) is 0.415. The Labute approximate surface area is 230 Å². The lowest BCUT2D eigenvalue weighted by molar-refractivity contribution is -0.129. The van der Waals surface area contributed by atoms with Gasteiger partial charge >= 0.3 is 0 Å². The largest absolute Gasteiger partial charge is 0.341 e. The fraction of sp³-hybridized carbons (Fsp3) is 0.567. The number of rotatable bonds is 7. The van der Waals surface area contributed by atoms with Gasteiger partial charge in [0.05, 0.1) is 6.42 Å². The maximum Gasteiger partial charge on any atom is 0.227 e. The average molecular weight is 547 g/mol. The third-order valence-corrected chi connectivity index (χ3v) is 9.49. The van der Waals surface area contributed by atoms with Crippen LogP contribution >= 0.6 is 23.2 Å². The molecule has 1 atom stereocenters. The summed E-state index contributed by atoms with van der Waals surface area (Å²) in [6.07, 6.45) is 8.42. The van der Waals surface area contributed by atoms with Crippen LogP contribution in [-0.4, -0.2) is 72.5 Å². The Bertz CT molecular complexity index is 1060. The number of likely N-dealkylation sites (tertiary alicyclic amines) is 3. The van der Waals surface area contributed by atoms with Crippen LogP contribution in [0.1, 0.15) is 56.1 Å². The van der Waals surface area contributed by atoms with E-state index in [0.717, 1.165) is 43.5 Å². The number of carbonyl (C=O) groups is 1. The molecule has 1 amide bonds. The topological polar surface area (TPSA) is 26.8 Å². The lowest BCUT2D eigenvalue weighted by Gasteiger charge is -2.41. The Hall–Kier alpha value is -1.66. The van der Waals surface area contributed by atoms with Crippen molar-refractivity contribution in [3.05, 3.63) is 69.5 Å². The fourth-order valence-corrected chi connectivity index (χ4v) is 7.04. The molecule has 3 heterocycles. The van der Waals surface area contributed by atoms with E-state index >= 15 is 0 Å². The van der Waals surface area contributed by atoms with Gasteiger partial charge in [-0.1, -0.05) is 47.8 Å². The number of piperidine rings is 2. The van der Waals surface area contributed by atoms with Crippen molar-refractivity contribution in [3.63, 3.8) is 0 Å². The van der Waals surface area contributed by atoms with Crippen LogP contribution in [0.4, 0.5) is 4.39 Å². The molecule has 2 aromatic rings. The number of benzene rings is 2. The summed E-state index contributed by atoms with van der Waals surface area (Å²) < 4.78 is 14.4. The Morgan fingerprint density at radius 3 is 2.46 bits per heavy atom. The van der Waals surface area contributed by atoms with Gasteiger partial charge in [-0.05, 0) is 101 Å². The van der Waals surface area contributed by atoms with E-state index in [2.05, 4.69) is 21.9 Å². The van der Waals surface area contributed by atoms with E-state index < -0.39 is 5.82 Å². The van der Waals surface area contributed by atoms with Gasteiger partial charge in [0, 0.05) is 40.2 Å². The van der Waals surface area contributed by atoms with Gasteiger partial charge in [-0.25, -0.2) is 4.39 Å². The first-order valence-corrected chi connectivity index (χ1v) is 14.6. The maximum absolute atomic E-state index is 14.4. The van der Waals surface area contributed by atoms with Crippen LogP contribution in [0.2, 0.25) is 10.0 Å². The van der Waals surface area contributed by atoms with E-state index in [1.54, 1.807) is 12.1 Å². The van der Waals surface area contributed by atoms with E-state index in [1.165, 1.54) is 56.8 Å². The molecule has 4 nitrogen and oxygen atoms in total. The van der Waals surface area contributed by atoms with Crippen molar-refractivity contribution in [2.75, 3.05) is 45.8 Å². The highest BCUT2D eigenvalue weighted by atomic mass is 35.5. The molecule has 2 aromatic carbocycles. The first-order valence-electron chi connectivity index (χ1n) is 13.9. The molecule has 0 saturated carbocycles. The molecule has 5 rings (SSSR count). The smallest absolute Gasteiger partial charge is 0.227 e. The predicted octanol–water partition coefficient (Wildman–Crippen LogP) is 6.19. The van der Waals surface area contributed by atoms with Gasteiger partial charge in [0.25, 0.3) is 0 Å². The van der Waals surface area contributed by atoms with Gasteiger partial charge in [0.1, 0.15) is 5.82 Å². The number of carbonyl (C=O) groups excluding carboxylic acids is 1. The Kier molecular flexibility index (Phi) is 8.75. The third kappa shape index (κ3) is 6.33. The summed E-state index contributed by atoms with van der Waals surface area (Å²) in [7, 11) is 0. The Morgan fingerprint density at radius 1 is 0.973 bits per heavy atom. The van der Waals surface area contributed by atoms with Gasteiger partial charge < -0.3 is 14.7 Å². The molecule has 0 aromatic heterocycles. The third-order valence-electron chi connectivity index (χ3n) is 8.90. The van der Waals surface area contributed by atoms with Crippen LogP contribution in [0.25, 0.3) is 0 Å². The molecule has 200 valence electrons. The van der Waals surface area contributed by atoms with E-state index in [0.29, 0.717) is 18.1 Å². The highest BCUT2D eigenvalue weighted by Crippen LogP contribution is 2.39. The molecule has 0 radical (unpaired) electrons. The minimum atomic E-state index is -0.422. The molecule has 0 aliphatic carbocycles. The first-order chi connectivity index (χ1) is 17.9. The van der Waals surface area contributed by atoms with E-state index in [9.17, 15) is 9.18 Å². The summed E-state index contributed by atoms with van der Waals surface area (Å²) in [6, 6.07) is 13.4. The fourth-order valence-electron chi connectivity index (χ4n) is 6.62. The van der Waals surface area contributed by atoms with Crippen molar-refractivity contribution >= 4 is 29.1 Å². The summed E-state index contributed by atoms with van der Waals surface area (Å²) in [5, 5.41) is 1.03. The second-order valence-corrected chi connectivity index (χ2v) is 12.0. The van der Waals surface area contributed by atoms with Crippen LogP contribution in [0.3, 0.4) is 0 Å². The SMILES string of the molecule is O=C(Cc1c(F)cccc1Cl)N1CCC(CCN2CCC(N3CCCCC3)CC2)(c2cccc(Cl)c2)C1. The second-order valence-electron chi connectivity index (χ2n) is 11.2. The number of nitrogens with zero attached hydrogens (tertiary/aromatic N) is 3. The van der Waals surface area contributed by atoms with E-state index in [-0.39, 0.29) is 23.3 Å². The molecule has 37 heavy (non-hydrogen) atoms. The zero-order chi connectivity index (χ0) is 25.8. The summed E-state index contributed by atoms with van der Waals surface area (Å²) in [5.74, 6) is -0.493. The summed E-state index contributed by atoms with van der Waals surface area (Å²) in [5.41, 5.74) is 1.33. The van der Waals surface area contributed by atoms with Gasteiger partial charge in [0.2, 0.25) is 5.91 Å². The lowest BCUT2D eigenvalue weighted by atomic mass is 9.76. The molecule has 3 fully saturated rings. The molecular formula is C30H38Cl2FN3O. The Balaban J connectivity index is 1.24. The van der Waals surface area contributed by atoms with Gasteiger partial charge in [-0.2, -0.15) is 0 Å². The molecule has 7 heteroatoms. The number of hydrogen-bond acceptors (Lipinski definition) is 3. The standard InChI is InChI=1S/C30H38Cl2FN3O/c31-24-7-4-6-23(20-24)30(12-18-34-16-10-25(11-17-34)35-14-2-1-3-15-35)13-19-36(22-30)29(37)21-26-27(32)8-5-9-28(26)33/h4-9,20,25H,1-3,10-19,21-22H2. The molecular weight excluding hydrogens is 508 g/mol. The van der Waals surface area contributed by atoms with E-state index in [1.807, 2.05) is 17.0 Å². The molecule has 0 spiro atoms. The van der Waals surface area contributed by atoms with Crippen molar-refractivity contribution in [2.45, 2.75) is 62.8 Å². The van der Waals surface area contributed by atoms with Crippen LogP contribution in [0, 0.1) is 5.82 Å². The zero-order valence-electron chi connectivity index (χ0n) is 21.6. The van der Waals surface area contributed by atoms with Gasteiger partial charge in [0.15, 0.2) is 0 Å². The summed E-state index contributed by atoms with van der Waals surface area (Å²) >= 11 is 12.6. The number of hydrogen-bond donors (Lipinski definition) is 0. The van der Waals surface area contributed by atoms with Crippen molar-refractivity contribution in [1.82, 2.24) is 14.7 Å². The van der Waals surface area contributed by atoms with Crippen LogP contribution in [0.5, 0.6) is 0 Å². The Morgan fingerprint density at radius 2 is 1.73 bits per heavy atom. The van der Waals surface area contributed by atoms with Crippen molar-refractivity contribution in [1.29, 1.82) is 0 Å². The molecule has 1 unspecified atom stereocenters. The summed E-state index contributed by atoms with van der Waals surface area (Å²) in [4.78, 5) is 20.5. The van der Waals surface area contributed by atoms with Crippen LogP contribution in [0.15, 0.2) is 42.5 Å². The molecule has 0 bridgehead atoms. The maximum atomic E-state index is 14.4. The van der Waals surface area contributed by atoms with Crippen molar-refractivity contribution < 1.29 is 9.18 Å². The molecule has 3 saturated heterocycles. The van der Waals surface area contributed by atoms with Gasteiger partial charge in [-0.15, -0.1) is 0 Å². The minimum absolute atomic E-state index is 0.0128. The number of halogens is 3. The zero-order valence-corrected chi connectivity index (χ0v) is 23.1. The molecule has 0 N–H and O–H groups in total. The molecule has 3 aliphatic rings. The number of amides is 1. The van der Waals surface area contributed by atoms with E-state index in [4.69, 9.17) is 23.2 Å². The van der Waals surface area contributed by atoms with Crippen LogP contribution < -0.4 is 0 Å². The minimum Gasteiger partial charge on any atom is -0.341 e. The van der Waals surface area contributed by atoms with Crippen molar-refractivity contribution in [2.24, 2.45) is 0 Å². The average Bonchev–Trinajstić information content (AvgIpc) is 3.36. The van der Waals surface area contributed by atoms with Crippen molar-refractivity contribution in [3.8, 4) is 0 Å². The monoisotopic (exact) mass is 545 g/mol. The highest BCUT2D eigenvalue weighted by molar-refractivity contribution is 6.31. The van der Waals surface area contributed by atoms with Gasteiger partial charge in [-0.3, -0.25) is 4.79 Å². The lowest BCUT2D eigenvalue weighted by Crippen LogP contribution is -2.47. The normalized spacial score (nSPS) is 24.0. The highest BCUT2D eigenvalue weighted by Gasteiger charge is 2.42. The summed E-state index contributed by atoms with van der Waals surface area (Å²) in [6.45, 7) is 7.12. The second kappa shape index (κ2) is 12.0. The first kappa shape index (κ1) is 26.9. The predicted molar refractivity (Wildman–Crippen MR) is 149 cm³/mol. The van der Waals surface area contributed by atoms with Crippen LogP contribution in [-0.2, 0) is 16.6 Å².